The van der Waals surface area contributed by atoms with Crippen LogP contribution in [0.1, 0.15) is 25.7 Å². The van der Waals surface area contributed by atoms with Crippen molar-refractivity contribution in [1.29, 1.82) is 0 Å². The molecule has 1 aliphatic carbocycles. The fraction of sp³-hybridized carbons (Fsp3) is 0.609. The topological polar surface area (TPSA) is 43.4 Å². The van der Waals surface area contributed by atoms with Crippen LogP contribution in [0.2, 0.25) is 5.02 Å². The van der Waals surface area contributed by atoms with E-state index in [1.807, 2.05) is 24.4 Å². The molecule has 1 aromatic carbocycles. The summed E-state index contributed by atoms with van der Waals surface area (Å²) in [5, 5.41) is 9.05. The number of halogens is 1. The summed E-state index contributed by atoms with van der Waals surface area (Å²) in [5.74, 6) is 0.990. The average molecular weight is 416 g/mol. The molecule has 6 heteroatoms. The van der Waals surface area contributed by atoms with Gasteiger partial charge in [-0.2, -0.15) is 0 Å². The Labute approximate surface area is 179 Å². The third kappa shape index (κ3) is 6.54. The Morgan fingerprint density at radius 2 is 1.69 bits per heavy atom. The van der Waals surface area contributed by atoms with E-state index in [-0.39, 0.29) is 0 Å². The van der Waals surface area contributed by atoms with Crippen molar-refractivity contribution in [2.24, 2.45) is 5.92 Å². The molecule has 2 fully saturated rings. The number of pyridine rings is 1. The molecule has 2 aliphatic rings. The van der Waals surface area contributed by atoms with E-state index >= 15 is 0 Å². The van der Waals surface area contributed by atoms with Crippen molar-refractivity contribution in [1.82, 2.24) is 20.1 Å². The van der Waals surface area contributed by atoms with E-state index < -0.39 is 0 Å². The van der Waals surface area contributed by atoms with Gasteiger partial charge in [-0.05, 0) is 82.0 Å². The van der Waals surface area contributed by atoms with Crippen molar-refractivity contribution >= 4 is 28.2 Å². The number of anilines is 1. The van der Waals surface area contributed by atoms with Crippen molar-refractivity contribution < 1.29 is 0 Å². The first-order valence-corrected chi connectivity index (χ1v) is 11.6. The number of nitrogens with one attached hydrogen (secondary N) is 2. The summed E-state index contributed by atoms with van der Waals surface area (Å²) in [7, 11) is 0. The lowest BCUT2D eigenvalue weighted by Gasteiger charge is -2.34. The molecule has 0 bridgehead atoms. The Hall–Kier alpha value is -1.40. The summed E-state index contributed by atoms with van der Waals surface area (Å²) in [6.07, 6.45) is 7.17. The summed E-state index contributed by atoms with van der Waals surface area (Å²) in [6.45, 7) is 10.6. The van der Waals surface area contributed by atoms with Gasteiger partial charge in [0.05, 0.1) is 5.52 Å². The van der Waals surface area contributed by atoms with E-state index in [2.05, 4.69) is 31.5 Å². The van der Waals surface area contributed by atoms with Gasteiger partial charge in [-0.1, -0.05) is 11.6 Å². The summed E-state index contributed by atoms with van der Waals surface area (Å²) in [6, 6.07) is 7.95. The lowest BCUT2D eigenvalue weighted by atomic mass is 10.2. The Bertz CT molecular complexity index is 771. The van der Waals surface area contributed by atoms with Crippen LogP contribution < -0.4 is 10.6 Å². The highest BCUT2D eigenvalue weighted by Crippen LogP contribution is 2.27. The molecule has 0 radical (unpaired) electrons. The van der Waals surface area contributed by atoms with Gasteiger partial charge in [0.1, 0.15) is 0 Å². The van der Waals surface area contributed by atoms with Gasteiger partial charge in [0.25, 0.3) is 0 Å². The van der Waals surface area contributed by atoms with Crippen LogP contribution in [0.25, 0.3) is 10.9 Å². The van der Waals surface area contributed by atoms with Crippen LogP contribution in [0.5, 0.6) is 0 Å². The molecule has 29 heavy (non-hydrogen) atoms. The summed E-state index contributed by atoms with van der Waals surface area (Å²) < 4.78 is 0. The predicted molar refractivity (Wildman–Crippen MR) is 123 cm³/mol. The van der Waals surface area contributed by atoms with Gasteiger partial charge in [0, 0.05) is 55.0 Å². The second-order valence-electron chi connectivity index (χ2n) is 8.48. The minimum atomic E-state index is 0.732. The zero-order valence-corrected chi connectivity index (χ0v) is 18.1. The Kier molecular flexibility index (Phi) is 7.61. The van der Waals surface area contributed by atoms with Crippen molar-refractivity contribution in [3.63, 3.8) is 0 Å². The van der Waals surface area contributed by atoms with Crippen LogP contribution >= 0.6 is 11.6 Å². The molecule has 1 aliphatic heterocycles. The lowest BCUT2D eigenvalue weighted by Crippen LogP contribution is -2.47. The van der Waals surface area contributed by atoms with Crippen molar-refractivity contribution in [3.8, 4) is 0 Å². The maximum absolute atomic E-state index is 6.08. The molecule has 2 N–H and O–H groups in total. The zero-order valence-electron chi connectivity index (χ0n) is 17.4. The van der Waals surface area contributed by atoms with Gasteiger partial charge < -0.3 is 20.4 Å². The molecule has 1 aromatic heterocycles. The zero-order chi connectivity index (χ0) is 19.9. The van der Waals surface area contributed by atoms with Crippen molar-refractivity contribution in [2.75, 3.05) is 64.2 Å². The SMILES string of the molecule is Clc1ccc2c(NCCCN3CCN(CCCNCC4CC4)CC3)ccnc2c1. The second kappa shape index (κ2) is 10.6. The van der Waals surface area contributed by atoms with E-state index in [0.717, 1.165) is 40.5 Å². The van der Waals surface area contributed by atoms with Crippen molar-refractivity contribution in [2.45, 2.75) is 25.7 Å². The minimum Gasteiger partial charge on any atom is -0.384 e. The monoisotopic (exact) mass is 415 g/mol. The number of fused-ring (bicyclic) bond motifs is 1. The molecule has 1 saturated heterocycles. The smallest absolute Gasteiger partial charge is 0.0737 e. The van der Waals surface area contributed by atoms with Crippen LogP contribution in [0.4, 0.5) is 5.69 Å². The Morgan fingerprint density at radius 1 is 0.966 bits per heavy atom. The number of benzene rings is 1. The molecule has 0 spiro atoms. The van der Waals surface area contributed by atoms with E-state index in [0.29, 0.717) is 0 Å². The van der Waals surface area contributed by atoms with E-state index in [1.54, 1.807) is 0 Å². The number of nitrogens with zero attached hydrogens (tertiary/aromatic N) is 3. The van der Waals surface area contributed by atoms with E-state index in [1.165, 1.54) is 71.6 Å². The molecule has 4 rings (SSSR count). The first-order chi connectivity index (χ1) is 14.3. The highest BCUT2D eigenvalue weighted by atomic mass is 35.5. The van der Waals surface area contributed by atoms with Gasteiger partial charge in [-0.15, -0.1) is 0 Å². The third-order valence-electron chi connectivity index (χ3n) is 6.09. The number of rotatable bonds is 11. The Balaban J connectivity index is 1.09. The van der Waals surface area contributed by atoms with E-state index in [9.17, 15) is 0 Å². The minimum absolute atomic E-state index is 0.732. The second-order valence-corrected chi connectivity index (χ2v) is 8.92. The number of hydrogen-bond donors (Lipinski definition) is 2. The highest BCUT2D eigenvalue weighted by Gasteiger charge is 2.20. The fourth-order valence-corrected chi connectivity index (χ4v) is 4.26. The van der Waals surface area contributed by atoms with Crippen LogP contribution in [0.3, 0.4) is 0 Å². The molecule has 5 nitrogen and oxygen atoms in total. The molecular formula is C23H34ClN5. The normalized spacial score (nSPS) is 18.4. The molecule has 158 valence electrons. The fourth-order valence-electron chi connectivity index (χ4n) is 4.09. The van der Waals surface area contributed by atoms with E-state index in [4.69, 9.17) is 11.6 Å². The van der Waals surface area contributed by atoms with Gasteiger partial charge in [-0.25, -0.2) is 0 Å². The molecule has 1 saturated carbocycles. The van der Waals surface area contributed by atoms with Gasteiger partial charge in [0.15, 0.2) is 0 Å². The van der Waals surface area contributed by atoms with Crippen LogP contribution in [-0.4, -0.2) is 73.7 Å². The first kappa shape index (κ1) is 20.9. The maximum Gasteiger partial charge on any atom is 0.0737 e. The van der Waals surface area contributed by atoms with Gasteiger partial charge in [0.2, 0.25) is 0 Å². The molecule has 0 atom stereocenters. The molecule has 2 aromatic rings. The van der Waals surface area contributed by atoms with Crippen LogP contribution in [0.15, 0.2) is 30.5 Å². The van der Waals surface area contributed by atoms with Crippen LogP contribution in [0, 0.1) is 5.92 Å². The van der Waals surface area contributed by atoms with Gasteiger partial charge >= 0.3 is 0 Å². The first-order valence-electron chi connectivity index (χ1n) is 11.2. The molecule has 2 heterocycles. The number of piperazine rings is 1. The van der Waals surface area contributed by atoms with Crippen LogP contribution in [-0.2, 0) is 0 Å². The Morgan fingerprint density at radius 3 is 2.41 bits per heavy atom. The number of aromatic nitrogens is 1. The summed E-state index contributed by atoms with van der Waals surface area (Å²) in [4.78, 5) is 9.64. The quantitative estimate of drug-likeness (QED) is 0.548. The average Bonchev–Trinajstić information content (AvgIpc) is 3.56. The van der Waals surface area contributed by atoms with Gasteiger partial charge in [-0.3, -0.25) is 4.98 Å². The highest BCUT2D eigenvalue weighted by molar-refractivity contribution is 6.31. The standard InChI is InChI=1S/C23H34ClN5/c24-20-5-6-21-22(7-10-27-23(21)17-20)26-9-2-12-29-15-13-28(14-16-29)11-1-8-25-18-19-3-4-19/h5-7,10,17,19,25H,1-4,8-9,11-16,18H2,(H,26,27). The predicted octanol–water partition coefficient (Wildman–Crippen LogP) is 3.70. The third-order valence-corrected chi connectivity index (χ3v) is 6.33. The molecule has 0 unspecified atom stereocenters. The van der Waals surface area contributed by atoms with Crippen molar-refractivity contribution in [3.05, 3.63) is 35.5 Å². The molecular weight excluding hydrogens is 382 g/mol. The number of hydrogen-bond acceptors (Lipinski definition) is 5. The maximum atomic E-state index is 6.08. The molecule has 0 amide bonds. The summed E-state index contributed by atoms with van der Waals surface area (Å²) in [5.41, 5.74) is 2.09. The lowest BCUT2D eigenvalue weighted by molar-refractivity contribution is 0.131. The largest absolute Gasteiger partial charge is 0.384 e. The summed E-state index contributed by atoms with van der Waals surface area (Å²) >= 11 is 6.08.